The highest BCUT2D eigenvalue weighted by molar-refractivity contribution is 7.86. The molecule has 0 aromatic heterocycles. The van der Waals surface area contributed by atoms with Gasteiger partial charge in [-0.05, 0) is 24.6 Å². The zero-order valence-corrected chi connectivity index (χ0v) is 18.1. The van der Waals surface area contributed by atoms with E-state index in [1.165, 1.54) is 12.1 Å². The molecule has 0 radical (unpaired) electrons. The molecular weight excluding hydrogens is 408 g/mol. The van der Waals surface area contributed by atoms with Crippen LogP contribution in [-0.2, 0) is 39.9 Å². The first-order chi connectivity index (χ1) is 14.6. The highest BCUT2D eigenvalue weighted by Crippen LogP contribution is 2.12. The highest BCUT2D eigenvalue weighted by atomic mass is 32.2. The van der Waals surface area contributed by atoms with Crippen molar-refractivity contribution in [1.29, 1.82) is 0 Å². The summed E-state index contributed by atoms with van der Waals surface area (Å²) in [6, 6.07) is 16.5. The Morgan fingerprint density at radius 1 is 0.633 bits per heavy atom. The maximum Gasteiger partial charge on any atom is 0.297 e. The summed E-state index contributed by atoms with van der Waals surface area (Å²) in [5, 5.41) is 0. The zero-order chi connectivity index (χ0) is 21.5. The lowest BCUT2D eigenvalue weighted by atomic mass is 10.2. The predicted octanol–water partition coefficient (Wildman–Crippen LogP) is 2.97. The van der Waals surface area contributed by atoms with Crippen LogP contribution in [-0.4, -0.2) is 61.3 Å². The molecule has 0 unspecified atom stereocenters. The van der Waals surface area contributed by atoms with Crippen molar-refractivity contribution in [1.82, 2.24) is 0 Å². The molecule has 2 aromatic carbocycles. The third-order valence-electron chi connectivity index (χ3n) is 4.00. The average Bonchev–Trinajstić information content (AvgIpc) is 2.75. The van der Waals surface area contributed by atoms with Crippen molar-refractivity contribution >= 4 is 10.1 Å². The van der Waals surface area contributed by atoms with Crippen LogP contribution in [0.5, 0.6) is 0 Å². The molecule has 0 aliphatic rings. The van der Waals surface area contributed by atoms with E-state index in [9.17, 15) is 8.42 Å². The predicted molar refractivity (Wildman–Crippen MR) is 113 cm³/mol. The molecule has 7 nitrogen and oxygen atoms in total. The van der Waals surface area contributed by atoms with Gasteiger partial charge in [-0.2, -0.15) is 8.42 Å². The lowest BCUT2D eigenvalue weighted by Crippen LogP contribution is -2.15. The Morgan fingerprint density at radius 3 is 1.70 bits per heavy atom. The Hall–Kier alpha value is -1.81. The average molecular weight is 439 g/mol. The third-order valence-corrected chi connectivity index (χ3v) is 5.33. The van der Waals surface area contributed by atoms with Crippen molar-refractivity contribution in [3.63, 3.8) is 0 Å². The molecule has 0 fully saturated rings. The fourth-order valence-corrected chi connectivity index (χ4v) is 3.29. The van der Waals surface area contributed by atoms with Gasteiger partial charge in [-0.25, -0.2) is 0 Å². The van der Waals surface area contributed by atoms with Crippen molar-refractivity contribution in [3.8, 4) is 0 Å². The summed E-state index contributed by atoms with van der Waals surface area (Å²) in [6.45, 7) is 5.34. The quantitative estimate of drug-likeness (QED) is 0.294. The van der Waals surface area contributed by atoms with Crippen LogP contribution in [0.2, 0.25) is 0 Å². The van der Waals surface area contributed by atoms with Gasteiger partial charge in [-0.15, -0.1) is 0 Å². The smallest absolute Gasteiger partial charge is 0.297 e. The van der Waals surface area contributed by atoms with Gasteiger partial charge in [0.15, 0.2) is 0 Å². The largest absolute Gasteiger partial charge is 0.377 e. The van der Waals surface area contributed by atoms with E-state index in [4.69, 9.17) is 23.1 Å². The molecule has 0 saturated heterocycles. The van der Waals surface area contributed by atoms with Crippen LogP contribution in [0.25, 0.3) is 0 Å². The summed E-state index contributed by atoms with van der Waals surface area (Å²) in [5.74, 6) is 0. The summed E-state index contributed by atoms with van der Waals surface area (Å²) in [4.78, 5) is 0.141. The summed E-state index contributed by atoms with van der Waals surface area (Å²) >= 11 is 0. The Kier molecular flexibility index (Phi) is 11.6. The van der Waals surface area contributed by atoms with Gasteiger partial charge in [-0.3, -0.25) is 4.18 Å². The van der Waals surface area contributed by atoms with Gasteiger partial charge in [0.2, 0.25) is 0 Å². The van der Waals surface area contributed by atoms with Crippen LogP contribution in [0.1, 0.15) is 11.1 Å². The molecule has 2 aromatic rings. The topological polar surface area (TPSA) is 80.3 Å². The highest BCUT2D eigenvalue weighted by Gasteiger charge is 2.14. The fourth-order valence-electron chi connectivity index (χ4n) is 2.40. The van der Waals surface area contributed by atoms with Crippen molar-refractivity contribution in [3.05, 3.63) is 65.7 Å². The first-order valence-corrected chi connectivity index (χ1v) is 11.3. The number of ether oxygens (including phenoxy) is 4. The maximum atomic E-state index is 12.0. The van der Waals surface area contributed by atoms with E-state index in [0.717, 1.165) is 11.1 Å². The van der Waals surface area contributed by atoms with Crippen LogP contribution < -0.4 is 0 Å². The Balaban J connectivity index is 1.37. The number of hydrogen-bond acceptors (Lipinski definition) is 7. The Bertz CT molecular complexity index is 792. The van der Waals surface area contributed by atoms with Crippen molar-refractivity contribution in [2.24, 2.45) is 0 Å². The second kappa shape index (κ2) is 14.2. The molecular formula is C22H30O7S. The Labute approximate surface area is 179 Å². The van der Waals surface area contributed by atoms with Crippen LogP contribution in [0.4, 0.5) is 0 Å². The molecule has 30 heavy (non-hydrogen) atoms. The number of benzene rings is 2. The van der Waals surface area contributed by atoms with Gasteiger partial charge in [0.05, 0.1) is 64.4 Å². The minimum absolute atomic E-state index is 0.0394. The van der Waals surface area contributed by atoms with E-state index < -0.39 is 10.1 Å². The van der Waals surface area contributed by atoms with Gasteiger partial charge >= 0.3 is 0 Å². The summed E-state index contributed by atoms with van der Waals surface area (Å²) in [5.41, 5.74) is 2.12. The first kappa shape index (κ1) is 24.5. The minimum Gasteiger partial charge on any atom is -0.377 e. The number of hydrogen-bond donors (Lipinski definition) is 0. The molecule has 8 heteroatoms. The van der Waals surface area contributed by atoms with Crippen molar-refractivity contribution in [2.75, 3.05) is 52.9 Å². The zero-order valence-electron chi connectivity index (χ0n) is 17.3. The SMILES string of the molecule is Cc1ccc(S(=O)(=O)OCCOCCOCCOCCOCc2ccccc2)cc1. The van der Waals surface area contributed by atoms with E-state index in [1.807, 2.05) is 37.3 Å². The third kappa shape index (κ3) is 10.3. The molecule has 0 N–H and O–H groups in total. The molecule has 0 aliphatic heterocycles. The van der Waals surface area contributed by atoms with E-state index >= 15 is 0 Å². The van der Waals surface area contributed by atoms with Crippen LogP contribution in [0.3, 0.4) is 0 Å². The van der Waals surface area contributed by atoms with Gasteiger partial charge in [0, 0.05) is 0 Å². The molecule has 0 atom stereocenters. The lowest BCUT2D eigenvalue weighted by molar-refractivity contribution is -0.00642. The van der Waals surface area contributed by atoms with Gasteiger partial charge in [-0.1, -0.05) is 48.0 Å². The summed E-state index contributed by atoms with van der Waals surface area (Å²) in [6.07, 6.45) is 0. The fraction of sp³-hybridized carbons (Fsp3) is 0.455. The van der Waals surface area contributed by atoms with Crippen LogP contribution >= 0.6 is 0 Å². The standard InChI is InChI=1S/C22H30O7S/c1-20-7-9-22(10-8-20)30(23,24)29-18-17-27-14-13-25-11-12-26-15-16-28-19-21-5-3-2-4-6-21/h2-10H,11-19H2,1H3. The summed E-state index contributed by atoms with van der Waals surface area (Å²) < 4.78 is 50.6. The van der Waals surface area contributed by atoms with Crippen molar-refractivity contribution < 1.29 is 31.5 Å². The van der Waals surface area contributed by atoms with Gasteiger partial charge in [0.1, 0.15) is 0 Å². The molecule has 0 saturated carbocycles. The molecule has 0 amide bonds. The lowest BCUT2D eigenvalue weighted by Gasteiger charge is -2.08. The van der Waals surface area contributed by atoms with Crippen LogP contribution in [0.15, 0.2) is 59.5 Å². The molecule has 0 bridgehead atoms. The van der Waals surface area contributed by atoms with E-state index in [-0.39, 0.29) is 18.1 Å². The maximum absolute atomic E-state index is 12.0. The molecule has 0 spiro atoms. The normalized spacial score (nSPS) is 11.6. The second-order valence-electron chi connectivity index (χ2n) is 6.46. The monoisotopic (exact) mass is 438 g/mol. The van der Waals surface area contributed by atoms with Gasteiger partial charge < -0.3 is 18.9 Å². The number of rotatable bonds is 16. The molecule has 0 aliphatic carbocycles. The van der Waals surface area contributed by atoms with Crippen LogP contribution in [0, 0.1) is 6.92 Å². The number of aryl methyl sites for hydroxylation is 1. The van der Waals surface area contributed by atoms with E-state index in [2.05, 4.69) is 0 Å². The molecule has 2 rings (SSSR count). The Morgan fingerprint density at radius 2 is 1.13 bits per heavy atom. The minimum atomic E-state index is -3.75. The summed E-state index contributed by atoms with van der Waals surface area (Å²) in [7, 11) is -3.75. The second-order valence-corrected chi connectivity index (χ2v) is 8.08. The van der Waals surface area contributed by atoms with E-state index in [0.29, 0.717) is 46.2 Å². The first-order valence-electron chi connectivity index (χ1n) is 9.89. The van der Waals surface area contributed by atoms with Crippen molar-refractivity contribution in [2.45, 2.75) is 18.4 Å². The van der Waals surface area contributed by atoms with Gasteiger partial charge in [0.25, 0.3) is 10.1 Å². The molecule has 0 heterocycles. The van der Waals surface area contributed by atoms with E-state index in [1.54, 1.807) is 12.1 Å². The molecule has 166 valence electrons.